The quantitative estimate of drug-likeness (QED) is 0.667. The van der Waals surface area contributed by atoms with Gasteiger partial charge >= 0.3 is 0 Å². The number of nitrogens with zero attached hydrogens (tertiary/aromatic N) is 2. The fraction of sp³-hybridized carbons (Fsp3) is 0.154. The molecule has 1 aliphatic carbocycles. The van der Waals surface area contributed by atoms with Crippen LogP contribution in [0.5, 0.6) is 0 Å². The Labute approximate surface area is 92.5 Å². The van der Waals surface area contributed by atoms with Crippen LogP contribution in [0.4, 0.5) is 0 Å². The van der Waals surface area contributed by atoms with Crippen LogP contribution >= 0.6 is 0 Å². The van der Waals surface area contributed by atoms with Crippen molar-refractivity contribution in [3.8, 4) is 0 Å². The van der Waals surface area contributed by atoms with Gasteiger partial charge in [-0.3, -0.25) is 4.79 Å². The van der Waals surface area contributed by atoms with Crippen LogP contribution in [0, 0.1) is 0 Å². The van der Waals surface area contributed by atoms with E-state index in [0.717, 1.165) is 29.6 Å². The van der Waals surface area contributed by atoms with Crippen LogP contribution in [0.3, 0.4) is 0 Å². The molecule has 0 fully saturated rings. The Balaban J connectivity index is 2.49. The molecule has 2 aromatic rings. The summed E-state index contributed by atoms with van der Waals surface area (Å²) in [5.41, 5.74) is 2.79. The minimum absolute atomic E-state index is 0.145. The standard InChI is InChI=1S/C13H10N2O/c16-13-9-5-1-2-6-10(9)14-11-7-3-4-8-12(11)15-13/h2-4,6-8H,1,5H2. The molecule has 3 rings (SSSR count). The minimum Gasteiger partial charge on any atom is -0.267 e. The molecule has 0 atom stereocenters. The van der Waals surface area contributed by atoms with Crippen LogP contribution < -0.4 is 5.56 Å². The van der Waals surface area contributed by atoms with Crippen LogP contribution in [0.1, 0.15) is 17.7 Å². The van der Waals surface area contributed by atoms with Crippen LogP contribution in [0.15, 0.2) is 35.1 Å². The molecule has 3 heteroatoms. The molecule has 1 aromatic carbocycles. The lowest BCUT2D eigenvalue weighted by Crippen LogP contribution is -2.12. The predicted molar refractivity (Wildman–Crippen MR) is 63.2 cm³/mol. The van der Waals surface area contributed by atoms with Gasteiger partial charge in [0.1, 0.15) is 0 Å². The Bertz CT molecular complexity index is 647. The average Bonchev–Trinajstić information content (AvgIpc) is 2.45. The number of hydrogen-bond donors (Lipinski definition) is 0. The van der Waals surface area contributed by atoms with E-state index in [2.05, 4.69) is 9.97 Å². The second-order valence-corrected chi connectivity index (χ2v) is 3.82. The largest absolute Gasteiger partial charge is 0.275 e. The second kappa shape index (κ2) is 3.52. The predicted octanol–water partition coefficient (Wildman–Crippen LogP) is 1.95. The maximum atomic E-state index is 11.9. The maximum Gasteiger partial charge on any atom is 0.275 e. The summed E-state index contributed by atoms with van der Waals surface area (Å²) in [5, 5.41) is 0. The molecular weight excluding hydrogens is 200 g/mol. The van der Waals surface area contributed by atoms with E-state index in [1.165, 1.54) is 0 Å². The zero-order valence-corrected chi connectivity index (χ0v) is 8.68. The normalized spacial score (nSPS) is 13.8. The summed E-state index contributed by atoms with van der Waals surface area (Å²) in [6, 6.07) is 7.47. The van der Waals surface area contributed by atoms with Gasteiger partial charge in [0.15, 0.2) is 0 Å². The van der Waals surface area contributed by atoms with E-state index in [1.54, 1.807) is 0 Å². The zero-order valence-electron chi connectivity index (χ0n) is 8.68. The molecule has 1 aromatic heterocycles. The average molecular weight is 210 g/mol. The maximum absolute atomic E-state index is 11.9. The molecule has 0 saturated carbocycles. The summed E-state index contributed by atoms with van der Waals surface area (Å²) in [5.74, 6) is 0. The first-order valence-electron chi connectivity index (χ1n) is 5.31. The SMILES string of the molecule is O=c1nc2ccccc2nc2c1CCC=C2. The molecule has 78 valence electrons. The van der Waals surface area contributed by atoms with E-state index in [9.17, 15) is 4.79 Å². The van der Waals surface area contributed by atoms with Gasteiger partial charge in [-0.15, -0.1) is 0 Å². The molecule has 3 nitrogen and oxygen atoms in total. The lowest BCUT2D eigenvalue weighted by Gasteiger charge is -2.02. The minimum atomic E-state index is -0.145. The van der Waals surface area contributed by atoms with Crippen molar-refractivity contribution >= 4 is 17.1 Å². The first-order chi connectivity index (χ1) is 7.84. The van der Waals surface area contributed by atoms with Crippen molar-refractivity contribution in [3.05, 3.63) is 52.0 Å². The Kier molecular flexibility index (Phi) is 2.03. The molecule has 16 heavy (non-hydrogen) atoms. The topological polar surface area (TPSA) is 42.9 Å². The van der Waals surface area contributed by atoms with E-state index in [0.29, 0.717) is 5.52 Å². The summed E-state index contributed by atoms with van der Waals surface area (Å²) < 4.78 is 0. The highest BCUT2D eigenvalue weighted by Gasteiger charge is 2.10. The Morgan fingerprint density at radius 2 is 1.81 bits per heavy atom. The Morgan fingerprint density at radius 1 is 1.06 bits per heavy atom. The number of para-hydroxylation sites is 2. The van der Waals surface area contributed by atoms with Gasteiger partial charge in [-0.1, -0.05) is 18.2 Å². The first kappa shape index (κ1) is 9.21. The van der Waals surface area contributed by atoms with E-state index in [-0.39, 0.29) is 5.56 Å². The van der Waals surface area contributed by atoms with Gasteiger partial charge in [0, 0.05) is 5.56 Å². The van der Waals surface area contributed by atoms with Gasteiger partial charge in [-0.25, -0.2) is 9.97 Å². The molecule has 1 aliphatic rings. The van der Waals surface area contributed by atoms with E-state index in [4.69, 9.17) is 0 Å². The third-order valence-corrected chi connectivity index (χ3v) is 2.75. The monoisotopic (exact) mass is 210 g/mol. The molecule has 0 amide bonds. The van der Waals surface area contributed by atoms with Crippen molar-refractivity contribution in [2.24, 2.45) is 0 Å². The number of fused-ring (bicyclic) bond motifs is 2. The number of aromatic nitrogens is 2. The summed E-state index contributed by atoms with van der Waals surface area (Å²) in [6.07, 6.45) is 5.59. The number of benzene rings is 1. The van der Waals surface area contributed by atoms with Gasteiger partial charge in [0.2, 0.25) is 0 Å². The first-order valence-corrected chi connectivity index (χ1v) is 5.31. The molecular formula is C13H10N2O. The fourth-order valence-corrected chi connectivity index (χ4v) is 1.93. The highest BCUT2D eigenvalue weighted by molar-refractivity contribution is 5.74. The second-order valence-electron chi connectivity index (χ2n) is 3.82. The van der Waals surface area contributed by atoms with E-state index >= 15 is 0 Å². The van der Waals surface area contributed by atoms with Crippen LogP contribution in [-0.2, 0) is 6.42 Å². The zero-order chi connectivity index (χ0) is 11.0. The fourth-order valence-electron chi connectivity index (χ4n) is 1.93. The van der Waals surface area contributed by atoms with Crippen molar-refractivity contribution in [1.29, 1.82) is 0 Å². The lowest BCUT2D eigenvalue weighted by molar-refractivity contribution is 0.952. The number of allylic oxidation sites excluding steroid dienone is 1. The summed E-state index contributed by atoms with van der Waals surface area (Å²) in [4.78, 5) is 20.5. The molecule has 0 aliphatic heterocycles. The lowest BCUT2D eigenvalue weighted by atomic mass is 10.0. The molecule has 0 saturated heterocycles. The molecule has 0 radical (unpaired) electrons. The van der Waals surface area contributed by atoms with Crippen LogP contribution in [0.2, 0.25) is 0 Å². The van der Waals surface area contributed by atoms with Crippen molar-refractivity contribution in [2.75, 3.05) is 0 Å². The highest BCUT2D eigenvalue weighted by Crippen LogP contribution is 2.15. The molecule has 0 bridgehead atoms. The summed E-state index contributed by atoms with van der Waals surface area (Å²) in [7, 11) is 0. The van der Waals surface area contributed by atoms with Crippen LogP contribution in [0.25, 0.3) is 17.1 Å². The number of hydrogen-bond acceptors (Lipinski definition) is 3. The van der Waals surface area contributed by atoms with Gasteiger partial charge in [-0.05, 0) is 31.1 Å². The Morgan fingerprint density at radius 3 is 2.62 bits per heavy atom. The van der Waals surface area contributed by atoms with Gasteiger partial charge < -0.3 is 0 Å². The van der Waals surface area contributed by atoms with Crippen molar-refractivity contribution < 1.29 is 0 Å². The molecule has 0 unspecified atom stereocenters. The number of rotatable bonds is 0. The molecule has 1 heterocycles. The van der Waals surface area contributed by atoms with Gasteiger partial charge in [0.25, 0.3) is 5.56 Å². The third-order valence-electron chi connectivity index (χ3n) is 2.75. The van der Waals surface area contributed by atoms with Gasteiger partial charge in [0.05, 0.1) is 16.7 Å². The van der Waals surface area contributed by atoms with Crippen molar-refractivity contribution in [1.82, 2.24) is 9.97 Å². The van der Waals surface area contributed by atoms with Gasteiger partial charge in [-0.2, -0.15) is 0 Å². The highest BCUT2D eigenvalue weighted by atomic mass is 16.1. The third kappa shape index (κ3) is 1.41. The summed E-state index contributed by atoms with van der Waals surface area (Å²) >= 11 is 0. The van der Waals surface area contributed by atoms with Crippen LogP contribution in [-0.4, -0.2) is 9.97 Å². The van der Waals surface area contributed by atoms with E-state index in [1.807, 2.05) is 36.4 Å². The smallest absolute Gasteiger partial charge is 0.267 e. The van der Waals surface area contributed by atoms with Crippen molar-refractivity contribution in [3.63, 3.8) is 0 Å². The summed E-state index contributed by atoms with van der Waals surface area (Å²) in [6.45, 7) is 0. The Hall–Kier alpha value is -2.03. The molecule has 0 N–H and O–H groups in total. The molecule has 0 spiro atoms. The van der Waals surface area contributed by atoms with E-state index < -0.39 is 0 Å². The van der Waals surface area contributed by atoms with Crippen molar-refractivity contribution in [2.45, 2.75) is 12.8 Å².